The second-order valence-corrected chi connectivity index (χ2v) is 6.93. The van der Waals surface area contributed by atoms with E-state index in [-0.39, 0.29) is 12.5 Å². The van der Waals surface area contributed by atoms with Gasteiger partial charge >= 0.3 is 0 Å². The molecule has 0 fully saturated rings. The summed E-state index contributed by atoms with van der Waals surface area (Å²) in [6, 6.07) is 15.8. The van der Waals surface area contributed by atoms with Crippen molar-refractivity contribution < 1.29 is 9.53 Å². The summed E-state index contributed by atoms with van der Waals surface area (Å²) in [6.07, 6.45) is 0.826. The lowest BCUT2D eigenvalue weighted by molar-refractivity contribution is -0.123. The zero-order valence-electron chi connectivity index (χ0n) is 12.4. The summed E-state index contributed by atoms with van der Waals surface area (Å²) in [6.45, 7) is 0.641. The van der Waals surface area contributed by atoms with Crippen molar-refractivity contribution in [3.8, 4) is 5.75 Å². The lowest BCUT2D eigenvalue weighted by Gasteiger charge is -2.07. The summed E-state index contributed by atoms with van der Waals surface area (Å²) in [7, 11) is 0. The molecule has 3 nitrogen and oxygen atoms in total. The van der Waals surface area contributed by atoms with Crippen LogP contribution in [0.25, 0.3) is 10.1 Å². The van der Waals surface area contributed by atoms with Gasteiger partial charge in [-0.05, 0) is 47.0 Å². The molecule has 5 heteroatoms. The maximum atomic E-state index is 11.8. The molecular weight excluding hydrogens is 374 g/mol. The van der Waals surface area contributed by atoms with Crippen LogP contribution in [0.5, 0.6) is 5.75 Å². The Kier molecular flexibility index (Phi) is 5.31. The number of carbonyl (C=O) groups excluding carboxylic acids is 1. The molecule has 1 N–H and O–H groups in total. The molecule has 23 heavy (non-hydrogen) atoms. The first-order valence-electron chi connectivity index (χ1n) is 7.32. The van der Waals surface area contributed by atoms with E-state index < -0.39 is 0 Å². The number of halogens is 1. The van der Waals surface area contributed by atoms with Crippen molar-refractivity contribution in [2.24, 2.45) is 0 Å². The van der Waals surface area contributed by atoms with Crippen LogP contribution < -0.4 is 10.1 Å². The monoisotopic (exact) mass is 389 g/mol. The minimum atomic E-state index is -0.107. The van der Waals surface area contributed by atoms with Gasteiger partial charge in [-0.3, -0.25) is 4.79 Å². The summed E-state index contributed by atoms with van der Waals surface area (Å²) in [5.41, 5.74) is 1.28. The Morgan fingerprint density at radius 3 is 2.91 bits per heavy atom. The summed E-state index contributed by atoms with van der Waals surface area (Å²) in [5.74, 6) is 0.572. The van der Waals surface area contributed by atoms with Crippen LogP contribution in [0, 0.1) is 0 Å². The molecule has 0 aliphatic carbocycles. The first-order valence-corrected chi connectivity index (χ1v) is 9.00. The highest BCUT2D eigenvalue weighted by Gasteiger charge is 2.06. The van der Waals surface area contributed by atoms with Gasteiger partial charge < -0.3 is 10.1 Å². The van der Waals surface area contributed by atoms with E-state index in [1.165, 1.54) is 15.6 Å². The van der Waals surface area contributed by atoms with Gasteiger partial charge in [0.25, 0.3) is 5.91 Å². The van der Waals surface area contributed by atoms with Crippen LogP contribution in [0.2, 0.25) is 0 Å². The standard InChI is InChI=1S/C18H16BrNO2S/c19-14-4-3-5-15(10-14)22-11-18(21)20-9-8-13-12-23-17-7-2-1-6-16(13)17/h1-7,10,12H,8-9,11H2,(H,20,21). The Labute approximate surface area is 147 Å². The third-order valence-corrected chi connectivity index (χ3v) is 4.95. The van der Waals surface area contributed by atoms with Crippen molar-refractivity contribution in [3.63, 3.8) is 0 Å². The number of carbonyl (C=O) groups is 1. The molecule has 0 radical (unpaired) electrons. The van der Waals surface area contributed by atoms with Crippen LogP contribution >= 0.6 is 27.3 Å². The zero-order valence-corrected chi connectivity index (χ0v) is 14.8. The van der Waals surface area contributed by atoms with Crippen molar-refractivity contribution >= 4 is 43.3 Å². The molecule has 0 saturated carbocycles. The van der Waals surface area contributed by atoms with Gasteiger partial charge in [0.05, 0.1) is 0 Å². The van der Waals surface area contributed by atoms with Crippen LogP contribution in [0.4, 0.5) is 0 Å². The van der Waals surface area contributed by atoms with Gasteiger partial charge in [-0.1, -0.05) is 40.2 Å². The van der Waals surface area contributed by atoms with Crippen LogP contribution in [0.3, 0.4) is 0 Å². The van der Waals surface area contributed by atoms with Crippen molar-refractivity contribution in [3.05, 3.63) is 63.9 Å². The minimum Gasteiger partial charge on any atom is -0.484 e. The molecular formula is C18H16BrNO2S. The third kappa shape index (κ3) is 4.33. The SMILES string of the molecule is O=C(COc1cccc(Br)c1)NCCc1csc2ccccc12. The maximum Gasteiger partial charge on any atom is 0.257 e. The van der Waals surface area contributed by atoms with E-state index in [9.17, 15) is 4.79 Å². The topological polar surface area (TPSA) is 38.3 Å². The van der Waals surface area contributed by atoms with E-state index >= 15 is 0 Å². The van der Waals surface area contributed by atoms with Gasteiger partial charge in [0, 0.05) is 15.7 Å². The first-order chi connectivity index (χ1) is 11.2. The van der Waals surface area contributed by atoms with Gasteiger partial charge in [0.1, 0.15) is 5.75 Å². The van der Waals surface area contributed by atoms with E-state index in [1.807, 2.05) is 36.4 Å². The number of benzene rings is 2. The fraction of sp³-hybridized carbons (Fsp3) is 0.167. The highest BCUT2D eigenvalue weighted by Crippen LogP contribution is 2.25. The van der Waals surface area contributed by atoms with Crippen LogP contribution in [-0.2, 0) is 11.2 Å². The third-order valence-electron chi connectivity index (χ3n) is 3.44. The normalized spacial score (nSPS) is 10.7. The maximum absolute atomic E-state index is 11.8. The second kappa shape index (κ2) is 7.62. The van der Waals surface area contributed by atoms with Crippen molar-refractivity contribution in [2.45, 2.75) is 6.42 Å². The van der Waals surface area contributed by atoms with Crippen LogP contribution in [-0.4, -0.2) is 19.1 Å². The molecule has 0 bridgehead atoms. The summed E-state index contributed by atoms with van der Waals surface area (Å²) < 4.78 is 7.68. The highest BCUT2D eigenvalue weighted by atomic mass is 79.9. The molecule has 1 amide bonds. The number of hydrogen-bond donors (Lipinski definition) is 1. The Hall–Kier alpha value is -1.85. The smallest absolute Gasteiger partial charge is 0.257 e. The lowest BCUT2D eigenvalue weighted by Crippen LogP contribution is -2.30. The molecule has 0 spiro atoms. The first kappa shape index (κ1) is 16.0. The van der Waals surface area contributed by atoms with Gasteiger partial charge in [0.15, 0.2) is 6.61 Å². The quantitative estimate of drug-likeness (QED) is 0.678. The summed E-state index contributed by atoms with van der Waals surface area (Å²) in [5, 5.41) is 6.34. The van der Waals surface area contributed by atoms with Gasteiger partial charge in [0.2, 0.25) is 0 Å². The van der Waals surface area contributed by atoms with Crippen molar-refractivity contribution in [1.82, 2.24) is 5.32 Å². The number of thiophene rings is 1. The lowest BCUT2D eigenvalue weighted by atomic mass is 10.1. The summed E-state index contributed by atoms with van der Waals surface area (Å²) in [4.78, 5) is 11.8. The molecule has 1 aromatic heterocycles. The number of nitrogens with one attached hydrogen (secondary N) is 1. The van der Waals surface area contributed by atoms with Crippen LogP contribution in [0.15, 0.2) is 58.4 Å². The number of rotatable bonds is 6. The van der Waals surface area contributed by atoms with Crippen molar-refractivity contribution in [2.75, 3.05) is 13.2 Å². The molecule has 3 rings (SSSR count). The van der Waals surface area contributed by atoms with Gasteiger partial charge in [-0.25, -0.2) is 0 Å². The fourth-order valence-corrected chi connectivity index (χ4v) is 3.70. The van der Waals surface area contributed by atoms with Gasteiger partial charge in [-0.2, -0.15) is 0 Å². The van der Waals surface area contributed by atoms with E-state index in [0.29, 0.717) is 12.3 Å². The number of fused-ring (bicyclic) bond motifs is 1. The minimum absolute atomic E-state index is 0.0286. The molecule has 0 aliphatic rings. The number of hydrogen-bond acceptors (Lipinski definition) is 3. The molecule has 0 aliphatic heterocycles. The Balaban J connectivity index is 1.46. The highest BCUT2D eigenvalue weighted by molar-refractivity contribution is 9.10. The predicted molar refractivity (Wildman–Crippen MR) is 98.2 cm³/mol. The predicted octanol–water partition coefficient (Wildman–Crippen LogP) is 4.40. The largest absolute Gasteiger partial charge is 0.484 e. The summed E-state index contributed by atoms with van der Waals surface area (Å²) >= 11 is 5.11. The van der Waals surface area contributed by atoms with Crippen molar-refractivity contribution in [1.29, 1.82) is 0 Å². The average molecular weight is 390 g/mol. The molecule has 3 aromatic rings. The molecule has 2 aromatic carbocycles. The molecule has 1 heterocycles. The van der Waals surface area contributed by atoms with Gasteiger partial charge in [-0.15, -0.1) is 11.3 Å². The Morgan fingerprint density at radius 2 is 2.04 bits per heavy atom. The van der Waals surface area contributed by atoms with E-state index in [4.69, 9.17) is 4.74 Å². The Bertz CT molecular complexity index is 815. The molecule has 118 valence electrons. The average Bonchev–Trinajstić information content (AvgIpc) is 2.97. The van der Waals surface area contributed by atoms with Crippen LogP contribution in [0.1, 0.15) is 5.56 Å². The number of amides is 1. The van der Waals surface area contributed by atoms with E-state index in [1.54, 1.807) is 11.3 Å². The number of ether oxygens (including phenoxy) is 1. The Morgan fingerprint density at radius 1 is 1.17 bits per heavy atom. The zero-order chi connectivity index (χ0) is 16.1. The van der Waals surface area contributed by atoms with E-state index in [2.05, 4.69) is 38.8 Å². The fourth-order valence-electron chi connectivity index (χ4n) is 2.32. The molecule has 0 saturated heterocycles. The van der Waals surface area contributed by atoms with E-state index in [0.717, 1.165) is 10.9 Å². The molecule has 0 unspecified atom stereocenters. The second-order valence-electron chi connectivity index (χ2n) is 5.10. The molecule has 0 atom stereocenters.